The Bertz CT molecular complexity index is 499. The molecule has 1 unspecified atom stereocenters. The van der Waals surface area contributed by atoms with E-state index in [-0.39, 0.29) is 0 Å². The van der Waals surface area contributed by atoms with Crippen molar-refractivity contribution in [1.82, 2.24) is 4.90 Å². The van der Waals surface area contributed by atoms with Crippen LogP contribution < -0.4 is 0 Å². The van der Waals surface area contributed by atoms with Crippen LogP contribution in [0.1, 0.15) is 129 Å². The maximum absolute atomic E-state index is 12.4. The Kier molecular flexibility index (Phi) is 19.5. The van der Waals surface area contributed by atoms with Crippen molar-refractivity contribution in [2.75, 3.05) is 13.1 Å². The number of aliphatic hydroxyl groups is 3. The lowest BCUT2D eigenvalue weighted by molar-refractivity contribution is -0.174. The van der Waals surface area contributed by atoms with Gasteiger partial charge in [-0.25, -0.2) is 4.79 Å². The van der Waals surface area contributed by atoms with E-state index < -0.39 is 36.6 Å². The quantitative estimate of drug-likeness (QED) is 0.122. The van der Waals surface area contributed by atoms with E-state index in [1.165, 1.54) is 88.4 Å². The third-order valence-corrected chi connectivity index (χ3v) is 6.38. The van der Waals surface area contributed by atoms with Gasteiger partial charge in [-0.1, -0.05) is 103 Å². The van der Waals surface area contributed by atoms with Crippen molar-refractivity contribution in [2.24, 2.45) is 0 Å². The molecule has 0 aromatic heterocycles. The second-order valence-electron chi connectivity index (χ2n) is 9.47. The van der Waals surface area contributed by atoms with E-state index in [9.17, 15) is 14.7 Å². The first-order valence-electron chi connectivity index (χ1n) is 13.4. The average Bonchev–Trinajstić information content (AvgIpc) is 2.75. The lowest BCUT2D eigenvalue weighted by atomic mass is 9.94. The molecule has 0 bridgehead atoms. The monoisotopic (exact) mass is 473 g/mol. The summed E-state index contributed by atoms with van der Waals surface area (Å²) < 4.78 is 0. The Morgan fingerprint density at radius 3 is 1.45 bits per heavy atom. The Hall–Kier alpha value is -1.18. The minimum Gasteiger partial charge on any atom is -0.479 e. The molecule has 0 heterocycles. The predicted octanol–water partition coefficient (Wildman–Crippen LogP) is 5.00. The number of carbonyl (C=O) groups is 2. The molecule has 1 atom stereocenters. The first-order chi connectivity index (χ1) is 15.8. The number of aliphatic carboxylic acids is 1. The zero-order valence-electron chi connectivity index (χ0n) is 21.3. The van der Waals surface area contributed by atoms with Crippen LogP contribution in [0.25, 0.3) is 0 Å². The van der Waals surface area contributed by atoms with Crippen molar-refractivity contribution in [3.05, 3.63) is 0 Å². The van der Waals surface area contributed by atoms with Gasteiger partial charge in [0.25, 0.3) is 0 Å². The summed E-state index contributed by atoms with van der Waals surface area (Å²) in [5.41, 5.74) is -2.46. The summed E-state index contributed by atoms with van der Waals surface area (Å²) in [4.78, 5) is 25.2. The fraction of sp³-hybridized carbons (Fsp3) is 0.923. The molecule has 196 valence electrons. The van der Waals surface area contributed by atoms with Gasteiger partial charge >= 0.3 is 5.97 Å². The normalized spacial score (nSPS) is 13.3. The maximum Gasteiger partial charge on any atom is 0.336 e. The van der Waals surface area contributed by atoms with Gasteiger partial charge in [-0.05, 0) is 13.3 Å². The topological polar surface area (TPSA) is 118 Å². The number of carbonyl (C=O) groups excluding carboxylic acids is 1. The summed E-state index contributed by atoms with van der Waals surface area (Å²) in [5.74, 6) is -2.11. The third-order valence-electron chi connectivity index (χ3n) is 6.38. The van der Waals surface area contributed by atoms with Crippen LogP contribution in [-0.4, -0.2) is 62.2 Å². The summed E-state index contributed by atoms with van der Waals surface area (Å²) in [6.45, 7) is 5.01. The molecule has 0 fully saturated rings. The van der Waals surface area contributed by atoms with E-state index in [4.69, 9.17) is 15.3 Å². The summed E-state index contributed by atoms with van der Waals surface area (Å²) in [6.07, 6.45) is 17.0. The molecular weight excluding hydrogens is 422 g/mol. The molecule has 0 aliphatic carbocycles. The van der Waals surface area contributed by atoms with Crippen LogP contribution in [0, 0.1) is 0 Å². The number of carboxylic acid groups (broad SMARTS) is 1. The van der Waals surface area contributed by atoms with E-state index in [1.807, 2.05) is 6.92 Å². The van der Waals surface area contributed by atoms with Gasteiger partial charge in [-0.2, -0.15) is 0 Å². The molecule has 0 saturated carbocycles. The zero-order chi connectivity index (χ0) is 25.0. The highest BCUT2D eigenvalue weighted by Crippen LogP contribution is 2.20. The second-order valence-corrected chi connectivity index (χ2v) is 9.47. The molecule has 0 aliphatic rings. The molecule has 33 heavy (non-hydrogen) atoms. The molecule has 0 aromatic carbocycles. The number of unbranched alkanes of at least 4 members (excludes halogenated alkanes) is 15. The highest BCUT2D eigenvalue weighted by atomic mass is 16.5. The summed E-state index contributed by atoms with van der Waals surface area (Å²) in [7, 11) is 0. The molecule has 0 rings (SSSR count). The first kappa shape index (κ1) is 31.8. The van der Waals surface area contributed by atoms with Crippen molar-refractivity contribution in [3.8, 4) is 0 Å². The SMILES string of the molecule is CCCCCCCCCCCCCCCCCCN(CC)C(=O)CC(O)(CC(O)O)C(=O)O. The van der Waals surface area contributed by atoms with Gasteiger partial charge in [0.1, 0.15) is 0 Å². The molecule has 0 aliphatic heterocycles. The lowest BCUT2D eigenvalue weighted by Gasteiger charge is -2.28. The Balaban J connectivity index is 3.77. The van der Waals surface area contributed by atoms with E-state index in [0.717, 1.165) is 19.3 Å². The van der Waals surface area contributed by atoms with Gasteiger partial charge in [0.15, 0.2) is 11.9 Å². The lowest BCUT2D eigenvalue weighted by Crippen LogP contribution is -2.47. The van der Waals surface area contributed by atoms with Crippen molar-refractivity contribution in [2.45, 2.75) is 141 Å². The zero-order valence-corrected chi connectivity index (χ0v) is 21.3. The standard InChI is InChI=1S/C26H51NO6/c1-3-5-6-7-8-9-10-11-12-13-14-15-16-17-18-19-20-27(4-2)23(28)21-26(33,25(31)32)22-24(29)30/h24,29-30,33H,3-22H2,1-2H3,(H,31,32). The van der Waals surface area contributed by atoms with E-state index in [0.29, 0.717) is 13.1 Å². The molecule has 0 spiro atoms. The Labute approximate surface area is 201 Å². The number of hydrogen-bond donors (Lipinski definition) is 4. The van der Waals surface area contributed by atoms with Crippen LogP contribution in [-0.2, 0) is 9.59 Å². The average molecular weight is 474 g/mol. The molecule has 4 N–H and O–H groups in total. The first-order valence-corrected chi connectivity index (χ1v) is 13.4. The van der Waals surface area contributed by atoms with Crippen molar-refractivity contribution in [1.29, 1.82) is 0 Å². The number of hydrogen-bond acceptors (Lipinski definition) is 5. The van der Waals surface area contributed by atoms with Crippen LogP contribution >= 0.6 is 0 Å². The summed E-state index contributed by atoms with van der Waals surface area (Å²) in [6, 6.07) is 0. The van der Waals surface area contributed by atoms with Crippen LogP contribution in [0.4, 0.5) is 0 Å². The third kappa shape index (κ3) is 17.0. The Morgan fingerprint density at radius 1 is 0.727 bits per heavy atom. The number of amides is 1. The fourth-order valence-corrected chi connectivity index (χ4v) is 4.21. The minimum absolute atomic E-state index is 0.426. The molecule has 7 heteroatoms. The van der Waals surface area contributed by atoms with Crippen molar-refractivity contribution in [3.63, 3.8) is 0 Å². The van der Waals surface area contributed by atoms with Gasteiger partial charge in [0, 0.05) is 19.5 Å². The van der Waals surface area contributed by atoms with Crippen LogP contribution in [0.2, 0.25) is 0 Å². The highest BCUT2D eigenvalue weighted by molar-refractivity contribution is 5.86. The fourth-order valence-electron chi connectivity index (χ4n) is 4.21. The summed E-state index contributed by atoms with van der Waals surface area (Å²) >= 11 is 0. The van der Waals surface area contributed by atoms with Crippen LogP contribution in [0.5, 0.6) is 0 Å². The summed E-state index contributed by atoms with van der Waals surface area (Å²) in [5, 5.41) is 37.3. The van der Waals surface area contributed by atoms with E-state index in [1.54, 1.807) is 0 Å². The van der Waals surface area contributed by atoms with Crippen molar-refractivity contribution < 1.29 is 30.0 Å². The highest BCUT2D eigenvalue weighted by Gasteiger charge is 2.41. The smallest absolute Gasteiger partial charge is 0.336 e. The van der Waals surface area contributed by atoms with Gasteiger partial charge < -0.3 is 25.3 Å². The van der Waals surface area contributed by atoms with Crippen molar-refractivity contribution >= 4 is 11.9 Å². The number of nitrogens with zero attached hydrogens (tertiary/aromatic N) is 1. The van der Waals surface area contributed by atoms with Gasteiger partial charge in [-0.3, -0.25) is 4.79 Å². The number of rotatable bonds is 23. The number of carboxylic acids is 1. The Morgan fingerprint density at radius 2 is 1.12 bits per heavy atom. The van der Waals surface area contributed by atoms with Crippen LogP contribution in [0.3, 0.4) is 0 Å². The van der Waals surface area contributed by atoms with E-state index >= 15 is 0 Å². The molecule has 0 aromatic rings. The largest absolute Gasteiger partial charge is 0.479 e. The molecule has 0 saturated heterocycles. The molecule has 1 amide bonds. The van der Waals surface area contributed by atoms with Crippen LogP contribution in [0.15, 0.2) is 0 Å². The molecule has 0 radical (unpaired) electrons. The maximum atomic E-state index is 12.4. The van der Waals surface area contributed by atoms with Gasteiger partial charge in [-0.15, -0.1) is 0 Å². The minimum atomic E-state index is -2.46. The second kappa shape index (κ2) is 20.2. The predicted molar refractivity (Wildman–Crippen MR) is 132 cm³/mol. The molecular formula is C26H51NO6. The van der Waals surface area contributed by atoms with Gasteiger partial charge in [0.2, 0.25) is 5.91 Å². The molecule has 7 nitrogen and oxygen atoms in total. The number of aliphatic hydroxyl groups excluding tert-OH is 1. The van der Waals surface area contributed by atoms with E-state index in [2.05, 4.69) is 6.92 Å². The van der Waals surface area contributed by atoms with Gasteiger partial charge in [0.05, 0.1) is 6.42 Å².